The smallest absolute Gasteiger partial charge is 0.341 e. The molecule has 1 aliphatic heterocycles. The van der Waals surface area contributed by atoms with Crippen molar-refractivity contribution in [2.45, 2.75) is 56.5 Å². The van der Waals surface area contributed by atoms with Crippen LogP contribution in [0.25, 0.3) is 0 Å². The number of allylic oxidation sites excluding steroid dienone is 3. The second kappa shape index (κ2) is 8.77. The minimum atomic E-state index is -4.62. The summed E-state index contributed by atoms with van der Waals surface area (Å²) in [4.78, 5) is 14.4. The highest BCUT2D eigenvalue weighted by Gasteiger charge is 2.52. The molecular weight excluding hydrogens is 407 g/mol. The zero-order valence-electron chi connectivity index (χ0n) is 17.0. The van der Waals surface area contributed by atoms with E-state index in [0.29, 0.717) is 12.3 Å². The number of primary sulfonamides is 1. The van der Waals surface area contributed by atoms with Crippen molar-refractivity contribution in [2.75, 3.05) is 20.1 Å². The molecule has 1 fully saturated rings. The molecular formula is C19H30F3N3O3S. The van der Waals surface area contributed by atoms with Crippen LogP contribution in [0.3, 0.4) is 0 Å². The predicted octanol–water partition coefficient (Wildman–Crippen LogP) is 2.33. The Balaban J connectivity index is 2.18. The molecule has 3 N–H and O–H groups in total. The number of nitrogens with one attached hydrogen (secondary N) is 1. The van der Waals surface area contributed by atoms with Gasteiger partial charge in [0.2, 0.25) is 15.9 Å². The van der Waals surface area contributed by atoms with Gasteiger partial charge in [0.05, 0.1) is 6.04 Å². The summed E-state index contributed by atoms with van der Waals surface area (Å²) in [5.41, 5.74) is -0.903. The molecule has 0 saturated carbocycles. The summed E-state index contributed by atoms with van der Waals surface area (Å²) in [5.74, 6) is -0.346. The van der Waals surface area contributed by atoms with Crippen LogP contribution in [0.2, 0.25) is 0 Å². The first kappa shape index (κ1) is 23.9. The molecule has 10 heteroatoms. The lowest BCUT2D eigenvalue weighted by Crippen LogP contribution is -2.55. The molecule has 1 aliphatic carbocycles. The van der Waals surface area contributed by atoms with E-state index in [2.05, 4.69) is 5.32 Å². The van der Waals surface area contributed by atoms with Gasteiger partial charge in [-0.2, -0.15) is 13.2 Å². The van der Waals surface area contributed by atoms with E-state index in [1.165, 1.54) is 6.08 Å². The van der Waals surface area contributed by atoms with Crippen LogP contribution in [0.1, 0.15) is 39.5 Å². The molecule has 2 atom stereocenters. The van der Waals surface area contributed by atoms with Crippen LogP contribution < -0.4 is 10.5 Å². The van der Waals surface area contributed by atoms with Crippen molar-refractivity contribution in [1.29, 1.82) is 0 Å². The van der Waals surface area contributed by atoms with Crippen molar-refractivity contribution in [1.82, 2.24) is 10.2 Å². The van der Waals surface area contributed by atoms with Gasteiger partial charge in [0.15, 0.2) is 0 Å². The van der Waals surface area contributed by atoms with Crippen molar-refractivity contribution >= 4 is 15.9 Å². The van der Waals surface area contributed by atoms with Gasteiger partial charge in [0, 0.05) is 25.1 Å². The number of amides is 1. The third kappa shape index (κ3) is 5.21. The summed E-state index contributed by atoms with van der Waals surface area (Å²) in [6.07, 6.45) is -0.788. The first-order chi connectivity index (χ1) is 13.3. The number of halogens is 3. The highest BCUT2D eigenvalue weighted by molar-refractivity contribution is 7.90. The fourth-order valence-corrected chi connectivity index (χ4v) is 5.59. The molecule has 1 amide bonds. The molecule has 0 spiro atoms. The van der Waals surface area contributed by atoms with E-state index in [1.54, 1.807) is 11.9 Å². The predicted molar refractivity (Wildman–Crippen MR) is 105 cm³/mol. The molecule has 29 heavy (non-hydrogen) atoms. The second-order valence-corrected chi connectivity index (χ2v) is 10.1. The fraction of sp³-hybridized carbons (Fsp3) is 0.737. The first-order valence-corrected chi connectivity index (χ1v) is 11.3. The van der Waals surface area contributed by atoms with Crippen LogP contribution in [0.4, 0.5) is 13.2 Å². The van der Waals surface area contributed by atoms with Crippen molar-refractivity contribution < 1.29 is 26.4 Å². The van der Waals surface area contributed by atoms with Gasteiger partial charge in [-0.05, 0) is 38.1 Å². The molecule has 0 aromatic heterocycles. The number of likely N-dealkylation sites (tertiary alicyclic amines) is 1. The van der Waals surface area contributed by atoms with Crippen LogP contribution in [0, 0.1) is 11.8 Å². The summed E-state index contributed by atoms with van der Waals surface area (Å²) in [5, 5.41) is 8.44. The van der Waals surface area contributed by atoms with E-state index in [0.717, 1.165) is 12.2 Å². The van der Waals surface area contributed by atoms with Crippen LogP contribution in [0.5, 0.6) is 0 Å². The summed E-state index contributed by atoms with van der Waals surface area (Å²) in [7, 11) is -2.58. The Bertz CT molecular complexity index is 769. The third-order valence-corrected chi connectivity index (χ3v) is 7.56. The minimum Gasteiger partial charge on any atom is -0.341 e. The Labute approximate surface area is 170 Å². The van der Waals surface area contributed by atoms with E-state index in [-0.39, 0.29) is 37.9 Å². The van der Waals surface area contributed by atoms with Gasteiger partial charge in [-0.15, -0.1) is 0 Å². The minimum absolute atomic E-state index is 0.0700. The Morgan fingerprint density at radius 1 is 1.34 bits per heavy atom. The summed E-state index contributed by atoms with van der Waals surface area (Å²) in [6, 6.07) is -0.340. The second-order valence-electron chi connectivity index (χ2n) is 8.30. The topological polar surface area (TPSA) is 92.5 Å². The zero-order chi connectivity index (χ0) is 22.0. The number of carbonyl (C=O) groups is 1. The summed E-state index contributed by atoms with van der Waals surface area (Å²) < 4.78 is 62.7. The number of alkyl halides is 3. The number of nitrogens with zero attached hydrogens (tertiary/aromatic N) is 1. The SMILES string of the molecule is CNC(CC(C)C)C(=O)N1CCC(C2(S(N)(=O)=O)C=CC=C(C(F)(F)F)C2)CC1. The number of nitrogens with two attached hydrogens (primary N) is 1. The molecule has 166 valence electrons. The van der Waals surface area contributed by atoms with E-state index in [9.17, 15) is 26.4 Å². The molecule has 2 rings (SSSR count). The summed E-state index contributed by atoms with van der Waals surface area (Å²) >= 11 is 0. The largest absolute Gasteiger partial charge is 0.412 e. The van der Waals surface area contributed by atoms with Gasteiger partial charge in [0.25, 0.3) is 0 Å². The molecule has 6 nitrogen and oxygen atoms in total. The van der Waals surface area contributed by atoms with Crippen LogP contribution >= 0.6 is 0 Å². The Morgan fingerprint density at radius 3 is 2.38 bits per heavy atom. The van der Waals surface area contributed by atoms with E-state index >= 15 is 0 Å². The van der Waals surface area contributed by atoms with Gasteiger partial charge in [0.1, 0.15) is 4.75 Å². The maximum absolute atomic E-state index is 13.2. The number of hydrogen-bond acceptors (Lipinski definition) is 4. The van der Waals surface area contributed by atoms with Crippen LogP contribution in [0.15, 0.2) is 23.8 Å². The number of rotatable bonds is 6. The highest BCUT2D eigenvalue weighted by Crippen LogP contribution is 2.45. The van der Waals surface area contributed by atoms with Crippen molar-refractivity contribution in [3.05, 3.63) is 23.8 Å². The van der Waals surface area contributed by atoms with E-state index in [1.807, 2.05) is 13.8 Å². The molecule has 0 aromatic rings. The fourth-order valence-electron chi connectivity index (χ4n) is 4.27. The lowest BCUT2D eigenvalue weighted by molar-refractivity contribution is -0.135. The number of sulfonamides is 1. The van der Waals surface area contributed by atoms with Gasteiger partial charge in [-0.3, -0.25) is 4.79 Å². The first-order valence-electron chi connectivity index (χ1n) is 9.76. The number of piperidine rings is 1. The molecule has 0 bridgehead atoms. The Kier molecular flexibility index (Phi) is 7.22. The molecule has 1 saturated heterocycles. The number of likely N-dealkylation sites (N-methyl/N-ethyl adjacent to an activating group) is 1. The Hall–Kier alpha value is -1.39. The van der Waals surface area contributed by atoms with E-state index < -0.39 is 38.9 Å². The number of carbonyl (C=O) groups excluding carboxylic acids is 1. The lowest BCUT2D eigenvalue weighted by atomic mass is 9.77. The third-order valence-electron chi connectivity index (χ3n) is 5.89. The maximum Gasteiger partial charge on any atom is 0.412 e. The van der Waals surface area contributed by atoms with Gasteiger partial charge < -0.3 is 10.2 Å². The molecule has 2 aliphatic rings. The zero-order valence-corrected chi connectivity index (χ0v) is 17.8. The molecule has 2 unspecified atom stereocenters. The van der Waals surface area contributed by atoms with Crippen molar-refractivity contribution in [2.24, 2.45) is 17.0 Å². The molecule has 0 aromatic carbocycles. The van der Waals surface area contributed by atoms with E-state index in [4.69, 9.17) is 5.14 Å². The van der Waals surface area contributed by atoms with Crippen molar-refractivity contribution in [3.8, 4) is 0 Å². The average Bonchev–Trinajstić information content (AvgIpc) is 2.64. The summed E-state index contributed by atoms with van der Waals surface area (Å²) in [6.45, 7) is 4.60. The van der Waals surface area contributed by atoms with Crippen LogP contribution in [-0.2, 0) is 14.8 Å². The Morgan fingerprint density at radius 2 is 1.93 bits per heavy atom. The number of hydrogen-bond donors (Lipinski definition) is 2. The maximum atomic E-state index is 13.2. The average molecular weight is 438 g/mol. The van der Waals surface area contributed by atoms with Crippen LogP contribution in [-0.4, -0.2) is 56.3 Å². The normalized spacial score (nSPS) is 25.2. The monoisotopic (exact) mass is 437 g/mol. The quantitative estimate of drug-likeness (QED) is 0.667. The molecule has 0 radical (unpaired) electrons. The van der Waals surface area contributed by atoms with Gasteiger partial charge >= 0.3 is 6.18 Å². The van der Waals surface area contributed by atoms with Crippen molar-refractivity contribution in [3.63, 3.8) is 0 Å². The molecule has 1 heterocycles. The van der Waals surface area contributed by atoms with Gasteiger partial charge in [-0.25, -0.2) is 13.6 Å². The standard InChI is InChI=1S/C19H30F3N3O3S/c1-13(2)11-16(24-3)17(26)25-9-6-14(7-10-25)18(29(23,27)28)8-4-5-15(12-18)19(20,21)22/h4-5,8,13-14,16,24H,6-7,9-12H2,1-3H3,(H2,23,27,28). The highest BCUT2D eigenvalue weighted by atomic mass is 32.2. The van der Waals surface area contributed by atoms with Gasteiger partial charge in [-0.1, -0.05) is 32.1 Å². The lowest BCUT2D eigenvalue weighted by Gasteiger charge is -2.43.